The van der Waals surface area contributed by atoms with E-state index in [0.29, 0.717) is 76.6 Å². The summed E-state index contributed by atoms with van der Waals surface area (Å²) in [6.07, 6.45) is 3.83. The molecule has 11 heteroatoms. The molecule has 2 aliphatic heterocycles. The van der Waals surface area contributed by atoms with Crippen LogP contribution < -0.4 is 4.90 Å². The predicted molar refractivity (Wildman–Crippen MR) is 169 cm³/mol. The molecule has 1 amide bonds. The molecule has 0 aromatic heterocycles. The van der Waals surface area contributed by atoms with Gasteiger partial charge in [-0.3, -0.25) is 14.5 Å². The Morgan fingerprint density at radius 3 is 2.44 bits per heavy atom. The van der Waals surface area contributed by atoms with Crippen molar-refractivity contribution in [2.24, 2.45) is 17.8 Å². The van der Waals surface area contributed by atoms with Gasteiger partial charge in [0.05, 0.1) is 31.8 Å². The SMILES string of the molecule is C/C(=C\c1cc(F)cc(N2CCOCC2)c1)[C@H]1C(=O)C(=O)C[C@H](O)CC[C@H](C)[C@@H](OC(=O)N2CCN(CCO)CC2)/C=C/[C@@H]1C. The minimum atomic E-state index is -0.997. The van der Waals surface area contributed by atoms with Crippen LogP contribution in [0.5, 0.6) is 0 Å². The van der Waals surface area contributed by atoms with Crippen molar-refractivity contribution in [3.05, 3.63) is 47.3 Å². The fourth-order valence-electron chi connectivity index (χ4n) is 6.33. The quantitative estimate of drug-likeness (QED) is 0.361. The van der Waals surface area contributed by atoms with Crippen molar-refractivity contribution in [2.45, 2.75) is 52.2 Å². The average Bonchev–Trinajstić information content (AvgIpc) is 3.02. The molecule has 2 saturated heterocycles. The Morgan fingerprint density at radius 1 is 1.04 bits per heavy atom. The smallest absolute Gasteiger partial charge is 0.410 e. The van der Waals surface area contributed by atoms with Gasteiger partial charge in [-0.1, -0.05) is 31.6 Å². The minimum Gasteiger partial charge on any atom is -0.442 e. The first-order valence-corrected chi connectivity index (χ1v) is 16.1. The molecule has 10 nitrogen and oxygen atoms in total. The lowest BCUT2D eigenvalue weighted by molar-refractivity contribution is -0.140. The molecule has 1 aromatic rings. The molecule has 2 heterocycles. The highest BCUT2D eigenvalue weighted by Gasteiger charge is 2.33. The van der Waals surface area contributed by atoms with Crippen LogP contribution in [0.25, 0.3) is 6.08 Å². The third-order valence-corrected chi connectivity index (χ3v) is 9.07. The van der Waals surface area contributed by atoms with Gasteiger partial charge in [0.2, 0.25) is 11.6 Å². The first-order valence-electron chi connectivity index (χ1n) is 16.1. The van der Waals surface area contributed by atoms with E-state index in [9.17, 15) is 29.0 Å². The Hall–Kier alpha value is -3.12. The maximum absolute atomic E-state index is 14.7. The summed E-state index contributed by atoms with van der Waals surface area (Å²) in [5.41, 5.74) is 1.90. The normalized spacial score (nSPS) is 28.8. The van der Waals surface area contributed by atoms with E-state index in [2.05, 4.69) is 4.90 Å². The summed E-state index contributed by atoms with van der Waals surface area (Å²) in [7, 11) is 0. The zero-order valence-electron chi connectivity index (χ0n) is 26.7. The molecule has 1 aliphatic carbocycles. The average molecular weight is 630 g/mol. The number of morpholine rings is 1. The molecule has 45 heavy (non-hydrogen) atoms. The van der Waals surface area contributed by atoms with Crippen molar-refractivity contribution < 1.29 is 38.5 Å². The van der Waals surface area contributed by atoms with Gasteiger partial charge in [0.15, 0.2) is 0 Å². The van der Waals surface area contributed by atoms with Crippen molar-refractivity contribution >= 4 is 29.4 Å². The number of piperazine rings is 1. The number of aliphatic hydroxyl groups excluding tert-OH is 2. The van der Waals surface area contributed by atoms with Gasteiger partial charge in [0.25, 0.3) is 0 Å². The first-order chi connectivity index (χ1) is 21.5. The van der Waals surface area contributed by atoms with Crippen molar-refractivity contribution in [3.8, 4) is 0 Å². The van der Waals surface area contributed by atoms with Crippen molar-refractivity contribution in [1.29, 1.82) is 0 Å². The number of β-amino-alcohol motifs (C(OH)–C–C–N with tert-alkyl or cyclic N) is 1. The molecular weight excluding hydrogens is 581 g/mol. The highest BCUT2D eigenvalue weighted by Crippen LogP contribution is 2.30. The Bertz CT molecular complexity index is 1240. The number of halogens is 1. The fourth-order valence-corrected chi connectivity index (χ4v) is 6.33. The standard InChI is InChI=1S/C34H48FN3O7/c1-23-4-6-29(40)22-30(41)33(42)32(25(3)18-26-19-27(35)21-28(20-26)37-13-16-44-17-14-37)24(2)5-7-31(23)45-34(43)38-10-8-36(9-11-38)12-15-39/h5,7,18-21,23-24,29,31-32,39-40H,4,6,8-17,22H2,1-3H3/b7-5+,25-18+/t23-,24-,29+,31-,32-/m0/s1. The molecule has 0 saturated carbocycles. The molecule has 3 aliphatic rings. The third-order valence-electron chi connectivity index (χ3n) is 9.07. The fraction of sp³-hybridized carbons (Fsp3) is 0.618. The lowest BCUT2D eigenvalue weighted by Gasteiger charge is -2.35. The molecule has 248 valence electrons. The predicted octanol–water partition coefficient (Wildman–Crippen LogP) is 3.31. The maximum Gasteiger partial charge on any atom is 0.410 e. The molecule has 5 atom stereocenters. The number of Topliss-reactive ketones (excluding diaryl/α,β-unsaturated/α-hetero) is 2. The van der Waals surface area contributed by atoms with Crippen molar-refractivity contribution in [3.63, 3.8) is 0 Å². The summed E-state index contributed by atoms with van der Waals surface area (Å²) in [5, 5.41) is 19.9. The second-order valence-corrected chi connectivity index (χ2v) is 12.6. The maximum atomic E-state index is 14.7. The second-order valence-electron chi connectivity index (χ2n) is 12.6. The molecule has 0 bridgehead atoms. The van der Waals surface area contributed by atoms with Gasteiger partial charge < -0.3 is 29.5 Å². The second kappa shape index (κ2) is 16.4. The summed E-state index contributed by atoms with van der Waals surface area (Å²) in [6.45, 7) is 10.9. The van der Waals surface area contributed by atoms with E-state index < -0.39 is 47.5 Å². The van der Waals surface area contributed by atoms with Gasteiger partial charge in [-0.15, -0.1) is 0 Å². The topological polar surface area (TPSA) is 120 Å². The lowest BCUT2D eigenvalue weighted by atomic mass is 9.80. The van der Waals surface area contributed by atoms with E-state index in [4.69, 9.17) is 9.47 Å². The number of hydrogen-bond donors (Lipinski definition) is 2. The van der Waals surface area contributed by atoms with Gasteiger partial charge in [0, 0.05) is 57.9 Å². The number of carbonyl (C=O) groups is 3. The van der Waals surface area contributed by atoms with E-state index in [0.717, 1.165) is 5.69 Å². The van der Waals surface area contributed by atoms with Crippen LogP contribution in [-0.2, 0) is 19.1 Å². The number of aliphatic hydroxyl groups is 2. The number of allylic oxidation sites excluding steroid dienone is 2. The number of amides is 1. The van der Waals surface area contributed by atoms with E-state index in [-0.39, 0.29) is 25.4 Å². The number of ether oxygens (including phenoxy) is 2. The van der Waals surface area contributed by atoms with Gasteiger partial charge in [-0.25, -0.2) is 9.18 Å². The van der Waals surface area contributed by atoms with Crippen molar-refractivity contribution in [2.75, 3.05) is 70.5 Å². The molecule has 2 fully saturated rings. The van der Waals surface area contributed by atoms with Crippen LogP contribution in [0.15, 0.2) is 35.9 Å². The van der Waals surface area contributed by atoms with Crippen LogP contribution in [0.2, 0.25) is 0 Å². The zero-order chi connectivity index (χ0) is 32.5. The van der Waals surface area contributed by atoms with Gasteiger partial charge in [-0.05, 0) is 61.4 Å². The number of hydrogen-bond acceptors (Lipinski definition) is 9. The van der Waals surface area contributed by atoms with Crippen LogP contribution in [-0.4, -0.2) is 116 Å². The Labute approximate surface area is 265 Å². The van der Waals surface area contributed by atoms with Crippen molar-refractivity contribution in [1.82, 2.24) is 9.80 Å². The number of carbonyl (C=O) groups excluding carboxylic acids is 3. The van der Waals surface area contributed by atoms with Crippen LogP contribution >= 0.6 is 0 Å². The van der Waals surface area contributed by atoms with Crippen LogP contribution in [0.3, 0.4) is 0 Å². The van der Waals surface area contributed by atoms with E-state index >= 15 is 0 Å². The number of rotatable bonds is 6. The van der Waals surface area contributed by atoms with Crippen LogP contribution in [0, 0.1) is 23.6 Å². The zero-order valence-corrected chi connectivity index (χ0v) is 26.7. The summed E-state index contributed by atoms with van der Waals surface area (Å²) in [4.78, 5) is 45.6. The van der Waals surface area contributed by atoms with E-state index in [1.165, 1.54) is 12.1 Å². The summed E-state index contributed by atoms with van der Waals surface area (Å²) < 4.78 is 26.1. The van der Waals surface area contributed by atoms with Gasteiger partial charge >= 0.3 is 6.09 Å². The molecule has 1 aromatic carbocycles. The molecule has 4 rings (SSSR count). The number of nitrogens with zero attached hydrogens (tertiary/aromatic N) is 3. The van der Waals surface area contributed by atoms with Gasteiger partial charge in [0.1, 0.15) is 11.9 Å². The van der Waals surface area contributed by atoms with Crippen LogP contribution in [0.1, 0.15) is 45.6 Å². The summed E-state index contributed by atoms with van der Waals surface area (Å²) in [5.74, 6) is -3.07. The number of benzene rings is 1. The number of anilines is 1. The van der Waals surface area contributed by atoms with Crippen LogP contribution in [0.4, 0.5) is 14.9 Å². The minimum absolute atomic E-state index is 0.0698. The highest BCUT2D eigenvalue weighted by molar-refractivity contribution is 6.38. The van der Waals surface area contributed by atoms with Gasteiger partial charge in [-0.2, -0.15) is 0 Å². The lowest BCUT2D eigenvalue weighted by Crippen LogP contribution is -2.50. The monoisotopic (exact) mass is 629 g/mol. The van der Waals surface area contributed by atoms with E-state index in [1.54, 1.807) is 24.0 Å². The molecule has 0 radical (unpaired) electrons. The Balaban J connectivity index is 1.57. The highest BCUT2D eigenvalue weighted by atomic mass is 19.1. The largest absolute Gasteiger partial charge is 0.442 e. The summed E-state index contributed by atoms with van der Waals surface area (Å²) >= 11 is 0. The molecule has 2 N–H and O–H groups in total. The third kappa shape index (κ3) is 9.68. The summed E-state index contributed by atoms with van der Waals surface area (Å²) in [6, 6.07) is 4.75. The first kappa shape index (κ1) is 34.7. The molecule has 0 unspecified atom stereocenters. The number of ketones is 2. The Kier molecular flexibility index (Phi) is 12.7. The Morgan fingerprint density at radius 2 is 1.76 bits per heavy atom. The molecular formula is C34H48FN3O7. The van der Waals surface area contributed by atoms with E-state index in [1.807, 2.05) is 30.9 Å². The molecule has 0 spiro atoms.